The standard InChI is InChI=1S/C9H7FN2O6/c1-4(9(13)14)5-2-6(10)8(12(17)18)3-7(5)11(15)16/h2-4H,1H3,(H,13,14). The Labute approximate surface area is 99.0 Å². The van der Waals surface area contributed by atoms with Gasteiger partial charge in [-0.3, -0.25) is 25.0 Å². The number of rotatable bonds is 4. The lowest BCUT2D eigenvalue weighted by Crippen LogP contribution is -2.11. The van der Waals surface area contributed by atoms with Crippen molar-refractivity contribution >= 4 is 17.3 Å². The molecule has 0 radical (unpaired) electrons. The predicted molar refractivity (Wildman–Crippen MR) is 55.8 cm³/mol. The molecule has 8 nitrogen and oxygen atoms in total. The first-order chi connectivity index (χ1) is 8.25. The molecule has 96 valence electrons. The zero-order chi connectivity index (χ0) is 14.0. The first kappa shape index (κ1) is 13.5. The number of halogens is 1. The molecule has 1 N–H and O–H groups in total. The maximum atomic E-state index is 13.3. The van der Waals surface area contributed by atoms with Gasteiger partial charge in [0.05, 0.1) is 21.8 Å². The Morgan fingerprint density at radius 2 is 1.78 bits per heavy atom. The van der Waals surface area contributed by atoms with E-state index < -0.39 is 44.5 Å². The molecule has 1 aromatic rings. The summed E-state index contributed by atoms with van der Waals surface area (Å²) in [5.74, 6) is -4.05. The Morgan fingerprint density at radius 1 is 1.28 bits per heavy atom. The van der Waals surface area contributed by atoms with E-state index in [2.05, 4.69) is 0 Å². The average molecular weight is 258 g/mol. The highest BCUT2D eigenvalue weighted by atomic mass is 19.1. The van der Waals surface area contributed by atoms with Crippen molar-refractivity contribution in [2.24, 2.45) is 0 Å². The van der Waals surface area contributed by atoms with E-state index in [0.717, 1.165) is 6.92 Å². The van der Waals surface area contributed by atoms with Crippen LogP contribution in [-0.4, -0.2) is 20.9 Å². The normalized spacial score (nSPS) is 11.9. The number of nitrogens with zero attached hydrogens (tertiary/aromatic N) is 2. The molecular weight excluding hydrogens is 251 g/mol. The number of carbonyl (C=O) groups is 1. The van der Waals surface area contributed by atoms with E-state index >= 15 is 0 Å². The first-order valence-corrected chi connectivity index (χ1v) is 4.60. The van der Waals surface area contributed by atoms with E-state index in [1.165, 1.54) is 0 Å². The number of aliphatic carboxylic acids is 1. The second-order valence-corrected chi connectivity index (χ2v) is 3.44. The largest absolute Gasteiger partial charge is 0.481 e. The highest BCUT2D eigenvalue weighted by molar-refractivity contribution is 5.77. The van der Waals surface area contributed by atoms with Gasteiger partial charge >= 0.3 is 11.7 Å². The van der Waals surface area contributed by atoms with Crippen LogP contribution in [0.2, 0.25) is 0 Å². The summed E-state index contributed by atoms with van der Waals surface area (Å²) in [6.07, 6.45) is 0. The molecule has 0 heterocycles. The molecule has 18 heavy (non-hydrogen) atoms. The maximum absolute atomic E-state index is 13.3. The molecule has 1 rings (SSSR count). The van der Waals surface area contributed by atoms with E-state index in [-0.39, 0.29) is 0 Å². The lowest BCUT2D eigenvalue weighted by molar-refractivity contribution is -0.396. The molecule has 1 atom stereocenters. The molecule has 9 heteroatoms. The van der Waals surface area contributed by atoms with Crippen molar-refractivity contribution in [1.29, 1.82) is 0 Å². The van der Waals surface area contributed by atoms with Crippen LogP contribution in [0.1, 0.15) is 18.4 Å². The topological polar surface area (TPSA) is 124 Å². The zero-order valence-corrected chi connectivity index (χ0v) is 8.99. The van der Waals surface area contributed by atoms with Crippen LogP contribution in [0, 0.1) is 26.0 Å². The summed E-state index contributed by atoms with van der Waals surface area (Å²) in [5.41, 5.74) is -2.28. The van der Waals surface area contributed by atoms with E-state index in [9.17, 15) is 29.4 Å². The van der Waals surface area contributed by atoms with E-state index in [1.54, 1.807) is 0 Å². The summed E-state index contributed by atoms with van der Waals surface area (Å²) < 4.78 is 13.3. The summed E-state index contributed by atoms with van der Waals surface area (Å²) in [5, 5.41) is 29.9. The molecular formula is C9H7FN2O6. The molecule has 0 saturated heterocycles. The van der Waals surface area contributed by atoms with Crippen molar-refractivity contribution in [2.45, 2.75) is 12.8 Å². The van der Waals surface area contributed by atoms with Gasteiger partial charge in [0.1, 0.15) is 0 Å². The van der Waals surface area contributed by atoms with Crippen molar-refractivity contribution in [3.8, 4) is 0 Å². The smallest absolute Gasteiger partial charge is 0.311 e. The van der Waals surface area contributed by atoms with Crippen molar-refractivity contribution in [3.63, 3.8) is 0 Å². The van der Waals surface area contributed by atoms with Gasteiger partial charge in [-0.2, -0.15) is 4.39 Å². The van der Waals surface area contributed by atoms with Crippen LogP contribution in [0.4, 0.5) is 15.8 Å². The fourth-order valence-corrected chi connectivity index (χ4v) is 1.34. The number of hydrogen-bond acceptors (Lipinski definition) is 5. The van der Waals surface area contributed by atoms with Crippen LogP contribution in [0.5, 0.6) is 0 Å². The van der Waals surface area contributed by atoms with Crippen LogP contribution in [0.25, 0.3) is 0 Å². The highest BCUT2D eigenvalue weighted by Crippen LogP contribution is 2.32. The molecule has 1 unspecified atom stereocenters. The van der Waals surface area contributed by atoms with Gasteiger partial charge in [0.2, 0.25) is 5.82 Å². The summed E-state index contributed by atoms with van der Waals surface area (Å²) in [4.78, 5) is 29.8. The molecule has 0 aromatic heterocycles. The number of carboxylic acid groups (broad SMARTS) is 1. The molecule has 0 aliphatic heterocycles. The second-order valence-electron chi connectivity index (χ2n) is 3.44. The lowest BCUT2D eigenvalue weighted by Gasteiger charge is -2.07. The van der Waals surface area contributed by atoms with Gasteiger partial charge in [-0.1, -0.05) is 0 Å². The van der Waals surface area contributed by atoms with Crippen LogP contribution >= 0.6 is 0 Å². The van der Waals surface area contributed by atoms with Crippen molar-refractivity contribution < 1.29 is 24.1 Å². The number of nitro groups is 2. The van der Waals surface area contributed by atoms with Crippen LogP contribution in [-0.2, 0) is 4.79 Å². The molecule has 0 aliphatic rings. The summed E-state index contributed by atoms with van der Waals surface area (Å²) in [6.45, 7) is 1.12. The third kappa shape index (κ3) is 2.39. The number of hydrogen-bond donors (Lipinski definition) is 1. The molecule has 0 spiro atoms. The second kappa shape index (κ2) is 4.73. The van der Waals surface area contributed by atoms with Gasteiger partial charge in [0.15, 0.2) is 0 Å². The van der Waals surface area contributed by atoms with Gasteiger partial charge in [-0.15, -0.1) is 0 Å². The Kier molecular flexibility index (Phi) is 3.55. The Bertz CT molecular complexity index is 544. The molecule has 0 amide bonds. The quantitative estimate of drug-likeness (QED) is 0.648. The van der Waals surface area contributed by atoms with E-state index in [1.807, 2.05) is 0 Å². The van der Waals surface area contributed by atoms with E-state index in [0.29, 0.717) is 12.1 Å². The molecule has 1 aromatic carbocycles. The van der Waals surface area contributed by atoms with Crippen molar-refractivity contribution in [2.75, 3.05) is 0 Å². The molecule has 0 bridgehead atoms. The van der Waals surface area contributed by atoms with E-state index in [4.69, 9.17) is 5.11 Å². The molecule has 0 aliphatic carbocycles. The molecule has 0 saturated carbocycles. The monoisotopic (exact) mass is 258 g/mol. The van der Waals surface area contributed by atoms with Crippen molar-refractivity contribution in [3.05, 3.63) is 43.7 Å². The minimum atomic E-state index is -1.40. The molecule has 0 fully saturated rings. The van der Waals surface area contributed by atoms with Crippen LogP contribution in [0.15, 0.2) is 12.1 Å². The lowest BCUT2D eigenvalue weighted by atomic mass is 9.99. The number of carboxylic acids is 1. The number of nitro benzene ring substituents is 2. The van der Waals surface area contributed by atoms with Crippen LogP contribution in [0.3, 0.4) is 0 Å². The third-order valence-electron chi connectivity index (χ3n) is 2.33. The summed E-state index contributed by atoms with van der Waals surface area (Å²) in [7, 11) is 0. The number of benzene rings is 1. The SMILES string of the molecule is CC(C(=O)O)c1cc(F)c([N+](=O)[O-])cc1[N+](=O)[O-]. The predicted octanol–water partition coefficient (Wildman–Crippen LogP) is 1.83. The average Bonchev–Trinajstić information content (AvgIpc) is 2.26. The first-order valence-electron chi connectivity index (χ1n) is 4.60. The fraction of sp³-hybridized carbons (Fsp3) is 0.222. The van der Waals surface area contributed by atoms with Gasteiger partial charge in [0.25, 0.3) is 5.69 Å². The van der Waals surface area contributed by atoms with Gasteiger partial charge in [-0.05, 0) is 13.0 Å². The zero-order valence-electron chi connectivity index (χ0n) is 8.99. The Morgan fingerprint density at radius 3 is 2.17 bits per heavy atom. The minimum Gasteiger partial charge on any atom is -0.481 e. The summed E-state index contributed by atoms with van der Waals surface area (Å²) in [6, 6.07) is 0.930. The maximum Gasteiger partial charge on any atom is 0.311 e. The summed E-state index contributed by atoms with van der Waals surface area (Å²) >= 11 is 0. The van der Waals surface area contributed by atoms with Gasteiger partial charge in [0, 0.05) is 5.56 Å². The fourth-order valence-electron chi connectivity index (χ4n) is 1.34. The Hall–Kier alpha value is -2.58. The minimum absolute atomic E-state index is 0.421. The van der Waals surface area contributed by atoms with Gasteiger partial charge in [-0.25, -0.2) is 0 Å². The Balaban J connectivity index is 3.52. The third-order valence-corrected chi connectivity index (χ3v) is 2.33. The highest BCUT2D eigenvalue weighted by Gasteiger charge is 2.29. The van der Waals surface area contributed by atoms with Crippen LogP contribution < -0.4 is 0 Å². The van der Waals surface area contributed by atoms with Gasteiger partial charge < -0.3 is 5.11 Å². The van der Waals surface area contributed by atoms with Crippen molar-refractivity contribution in [1.82, 2.24) is 0 Å².